The molecule has 150 valence electrons. The lowest BCUT2D eigenvalue weighted by Gasteiger charge is -2.47. The molecule has 1 aromatic heterocycles. The van der Waals surface area contributed by atoms with Gasteiger partial charge in [-0.2, -0.15) is 0 Å². The summed E-state index contributed by atoms with van der Waals surface area (Å²) in [6.45, 7) is 12.4. The number of nitrogens with zero attached hydrogens (tertiary/aromatic N) is 4. The average molecular weight is 397 g/mol. The molecule has 8 heteroatoms. The van der Waals surface area contributed by atoms with E-state index in [9.17, 15) is 9.90 Å². The molecule has 1 amide bonds. The summed E-state index contributed by atoms with van der Waals surface area (Å²) >= 11 is 6.17. The predicted octanol–water partition coefficient (Wildman–Crippen LogP) is 2.75. The third-order valence-corrected chi connectivity index (χ3v) is 4.98. The Morgan fingerprint density at radius 3 is 2.56 bits per heavy atom. The van der Waals surface area contributed by atoms with Crippen molar-refractivity contribution in [3.05, 3.63) is 17.3 Å². The highest BCUT2D eigenvalue weighted by Gasteiger charge is 2.39. The fourth-order valence-corrected chi connectivity index (χ4v) is 3.74. The summed E-state index contributed by atoms with van der Waals surface area (Å²) in [4.78, 5) is 23.0. The first-order valence-corrected chi connectivity index (χ1v) is 9.70. The van der Waals surface area contributed by atoms with Gasteiger partial charge in [0.15, 0.2) is 5.82 Å². The maximum atomic E-state index is 12.4. The molecule has 27 heavy (non-hydrogen) atoms. The highest BCUT2D eigenvalue weighted by Crippen LogP contribution is 2.36. The number of carbonyl (C=O) groups is 1. The third kappa shape index (κ3) is 4.58. The van der Waals surface area contributed by atoms with Crippen LogP contribution >= 0.6 is 11.6 Å². The van der Waals surface area contributed by atoms with Crippen LogP contribution < -0.4 is 9.80 Å². The zero-order valence-corrected chi connectivity index (χ0v) is 17.5. The topological polar surface area (TPSA) is 69.1 Å². The van der Waals surface area contributed by atoms with E-state index < -0.39 is 11.2 Å². The van der Waals surface area contributed by atoms with Gasteiger partial charge in [0.25, 0.3) is 0 Å². The fraction of sp³-hybridized carbons (Fsp3) is 0.684. The number of amides is 1. The Morgan fingerprint density at radius 1 is 1.33 bits per heavy atom. The lowest BCUT2D eigenvalue weighted by atomic mass is 9.96. The standard InChI is InChI=1S/C19H29ClN4O3/c1-13-10-22(6-7-24(13)17(25)27-18(2,3)4)16-15(8-14(20)9-21-16)23-11-19(5,26)12-23/h8-9,13,26H,6-7,10-12H2,1-5H3. The van der Waals surface area contributed by atoms with Gasteiger partial charge in [-0.05, 0) is 40.7 Å². The van der Waals surface area contributed by atoms with Crippen molar-refractivity contribution in [1.29, 1.82) is 0 Å². The number of ether oxygens (including phenoxy) is 1. The van der Waals surface area contributed by atoms with Gasteiger partial charge in [-0.15, -0.1) is 0 Å². The number of β-amino-alcohol motifs (C(OH)–C–C–N with tert-alkyl or cyclic N) is 1. The van der Waals surface area contributed by atoms with Gasteiger partial charge in [-0.3, -0.25) is 0 Å². The first kappa shape index (κ1) is 20.0. The molecule has 0 aromatic carbocycles. The molecule has 1 atom stereocenters. The molecule has 0 spiro atoms. The van der Waals surface area contributed by atoms with Gasteiger partial charge in [0.1, 0.15) is 5.60 Å². The highest BCUT2D eigenvalue weighted by molar-refractivity contribution is 6.30. The van der Waals surface area contributed by atoms with E-state index in [2.05, 4.69) is 14.8 Å². The van der Waals surface area contributed by atoms with Crippen LogP contribution in [-0.2, 0) is 4.74 Å². The van der Waals surface area contributed by atoms with Gasteiger partial charge >= 0.3 is 6.09 Å². The van der Waals surface area contributed by atoms with Crippen molar-refractivity contribution in [2.45, 2.75) is 51.9 Å². The number of hydrogen-bond acceptors (Lipinski definition) is 6. The summed E-state index contributed by atoms with van der Waals surface area (Å²) in [6, 6.07) is 1.89. The smallest absolute Gasteiger partial charge is 0.410 e. The Morgan fingerprint density at radius 2 is 2.00 bits per heavy atom. The van der Waals surface area contributed by atoms with Crippen LogP contribution in [0.4, 0.5) is 16.3 Å². The number of aromatic nitrogens is 1. The third-order valence-electron chi connectivity index (χ3n) is 4.77. The molecule has 2 aliphatic rings. The van der Waals surface area contributed by atoms with Gasteiger partial charge in [0.2, 0.25) is 0 Å². The molecule has 0 saturated carbocycles. The van der Waals surface area contributed by atoms with Crippen molar-refractivity contribution in [1.82, 2.24) is 9.88 Å². The molecule has 2 fully saturated rings. The largest absolute Gasteiger partial charge is 0.444 e. The first-order valence-electron chi connectivity index (χ1n) is 9.33. The number of piperazine rings is 1. The lowest BCUT2D eigenvalue weighted by Crippen LogP contribution is -2.61. The SMILES string of the molecule is CC1CN(c2ncc(Cl)cc2N2CC(C)(O)C2)CCN1C(=O)OC(C)(C)C. The number of pyridine rings is 1. The van der Waals surface area contributed by atoms with Crippen molar-refractivity contribution in [2.75, 3.05) is 42.5 Å². The molecule has 1 aromatic rings. The van der Waals surface area contributed by atoms with Gasteiger partial charge in [-0.1, -0.05) is 11.6 Å². The maximum Gasteiger partial charge on any atom is 0.410 e. The van der Waals surface area contributed by atoms with Crippen LogP contribution in [0.25, 0.3) is 0 Å². The minimum absolute atomic E-state index is 0.00146. The zero-order valence-electron chi connectivity index (χ0n) is 16.7. The summed E-state index contributed by atoms with van der Waals surface area (Å²) < 4.78 is 5.52. The number of hydrogen-bond donors (Lipinski definition) is 1. The van der Waals surface area contributed by atoms with E-state index in [1.54, 1.807) is 11.1 Å². The summed E-state index contributed by atoms with van der Waals surface area (Å²) in [7, 11) is 0. The van der Waals surface area contributed by atoms with Crippen LogP contribution in [0.3, 0.4) is 0 Å². The van der Waals surface area contributed by atoms with E-state index in [0.29, 0.717) is 37.7 Å². The second kappa shape index (κ2) is 7.02. The van der Waals surface area contributed by atoms with E-state index in [-0.39, 0.29) is 12.1 Å². The quantitative estimate of drug-likeness (QED) is 0.828. The molecule has 3 heterocycles. The van der Waals surface area contributed by atoms with Crippen molar-refractivity contribution >= 4 is 29.2 Å². The van der Waals surface area contributed by atoms with Crippen molar-refractivity contribution < 1.29 is 14.6 Å². The average Bonchev–Trinajstić information content (AvgIpc) is 2.50. The van der Waals surface area contributed by atoms with Gasteiger partial charge < -0.3 is 24.5 Å². The van der Waals surface area contributed by atoms with E-state index >= 15 is 0 Å². The molecule has 2 aliphatic heterocycles. The van der Waals surface area contributed by atoms with E-state index in [0.717, 1.165) is 11.5 Å². The Balaban J connectivity index is 1.73. The van der Waals surface area contributed by atoms with Crippen molar-refractivity contribution in [2.24, 2.45) is 0 Å². The van der Waals surface area contributed by atoms with Gasteiger partial charge in [-0.25, -0.2) is 9.78 Å². The number of anilines is 2. The summed E-state index contributed by atoms with van der Waals surface area (Å²) in [5.41, 5.74) is -0.262. The first-order chi connectivity index (χ1) is 12.5. The maximum absolute atomic E-state index is 12.4. The summed E-state index contributed by atoms with van der Waals surface area (Å²) in [5.74, 6) is 0.839. The number of carbonyl (C=O) groups excluding carboxylic acids is 1. The Kier molecular flexibility index (Phi) is 5.20. The predicted molar refractivity (Wildman–Crippen MR) is 107 cm³/mol. The van der Waals surface area contributed by atoms with Crippen LogP contribution in [0, 0.1) is 0 Å². The van der Waals surface area contributed by atoms with E-state index in [4.69, 9.17) is 16.3 Å². The number of aliphatic hydroxyl groups is 1. The molecule has 3 rings (SSSR count). The summed E-state index contributed by atoms with van der Waals surface area (Å²) in [5, 5.41) is 10.6. The Labute approximate surface area is 165 Å². The van der Waals surface area contributed by atoms with E-state index in [1.165, 1.54) is 0 Å². The van der Waals surface area contributed by atoms with Gasteiger partial charge in [0.05, 0.1) is 16.3 Å². The second-order valence-corrected chi connectivity index (χ2v) is 9.25. The molecule has 0 bridgehead atoms. The molecule has 2 saturated heterocycles. The molecule has 1 N–H and O–H groups in total. The van der Waals surface area contributed by atoms with Crippen LogP contribution in [0.2, 0.25) is 5.02 Å². The minimum Gasteiger partial charge on any atom is -0.444 e. The van der Waals surface area contributed by atoms with Crippen LogP contribution in [0.15, 0.2) is 12.3 Å². The Bertz CT molecular complexity index is 711. The Hall–Kier alpha value is -1.73. The normalized spacial score (nSPS) is 22.5. The van der Waals surface area contributed by atoms with Crippen LogP contribution in [0.1, 0.15) is 34.6 Å². The van der Waals surface area contributed by atoms with Crippen molar-refractivity contribution in [3.63, 3.8) is 0 Å². The second-order valence-electron chi connectivity index (χ2n) is 8.82. The fourth-order valence-electron chi connectivity index (χ4n) is 3.59. The van der Waals surface area contributed by atoms with E-state index in [1.807, 2.05) is 40.7 Å². The molecule has 1 unspecified atom stereocenters. The monoisotopic (exact) mass is 396 g/mol. The molecule has 0 radical (unpaired) electrons. The van der Waals surface area contributed by atoms with Crippen molar-refractivity contribution in [3.8, 4) is 0 Å². The molecular formula is C19H29ClN4O3. The lowest BCUT2D eigenvalue weighted by molar-refractivity contribution is 0.0157. The molecule has 7 nitrogen and oxygen atoms in total. The molecule has 0 aliphatic carbocycles. The van der Waals surface area contributed by atoms with Crippen LogP contribution in [0.5, 0.6) is 0 Å². The number of rotatable bonds is 2. The zero-order chi connectivity index (χ0) is 20.0. The van der Waals surface area contributed by atoms with Gasteiger partial charge in [0, 0.05) is 45.0 Å². The molecular weight excluding hydrogens is 368 g/mol. The highest BCUT2D eigenvalue weighted by atomic mass is 35.5. The number of halogens is 1. The van der Waals surface area contributed by atoms with Crippen LogP contribution in [-0.4, -0.2) is 71.1 Å². The minimum atomic E-state index is -0.678. The summed E-state index contributed by atoms with van der Waals surface area (Å²) in [6.07, 6.45) is 1.36.